The van der Waals surface area contributed by atoms with Gasteiger partial charge in [-0.05, 0) is 49.1 Å². The zero-order chi connectivity index (χ0) is 22.3. The predicted octanol–water partition coefficient (Wildman–Crippen LogP) is 3.68. The molecule has 3 aromatic rings. The molecule has 164 valence electrons. The van der Waals surface area contributed by atoms with E-state index in [0.29, 0.717) is 23.7 Å². The Balaban J connectivity index is 1.63. The molecule has 10 heteroatoms. The van der Waals surface area contributed by atoms with E-state index in [9.17, 15) is 22.0 Å². The molecular weight excluding hydrogens is 444 g/mol. The Kier molecular flexibility index (Phi) is 5.80. The number of aryl methyl sites for hydroxylation is 1. The van der Waals surface area contributed by atoms with Crippen molar-refractivity contribution < 1.29 is 22.0 Å². The minimum Gasteiger partial charge on any atom is -0.317 e. The summed E-state index contributed by atoms with van der Waals surface area (Å²) in [4.78, 5) is 17.0. The molecule has 1 saturated heterocycles. The van der Waals surface area contributed by atoms with E-state index in [2.05, 4.69) is 4.99 Å². The van der Waals surface area contributed by atoms with Crippen LogP contribution in [0, 0.1) is 17.6 Å². The highest BCUT2D eigenvalue weighted by molar-refractivity contribution is 7.89. The van der Waals surface area contributed by atoms with Crippen molar-refractivity contribution in [3.05, 3.63) is 58.4 Å². The van der Waals surface area contributed by atoms with Gasteiger partial charge in [-0.15, -0.1) is 0 Å². The highest BCUT2D eigenvalue weighted by atomic mass is 32.2. The molecule has 1 atom stereocenters. The molecule has 1 aliphatic rings. The van der Waals surface area contributed by atoms with Crippen molar-refractivity contribution in [3.8, 4) is 0 Å². The predicted molar refractivity (Wildman–Crippen MR) is 114 cm³/mol. The fraction of sp³-hybridized carbons (Fsp3) is 0.333. The number of benzene rings is 2. The van der Waals surface area contributed by atoms with Gasteiger partial charge in [0.1, 0.15) is 5.82 Å². The van der Waals surface area contributed by atoms with Crippen LogP contribution in [-0.2, 0) is 17.1 Å². The third-order valence-electron chi connectivity index (χ3n) is 5.37. The second kappa shape index (κ2) is 8.25. The second-order valence-corrected chi connectivity index (χ2v) is 10.7. The Bertz CT molecular complexity index is 1330. The van der Waals surface area contributed by atoms with E-state index in [0.717, 1.165) is 30.2 Å². The summed E-state index contributed by atoms with van der Waals surface area (Å²) in [5.41, 5.74) is 0.366. The maximum atomic E-state index is 14.1. The third kappa shape index (κ3) is 4.19. The number of aromatic nitrogens is 1. The quantitative estimate of drug-likeness (QED) is 0.593. The summed E-state index contributed by atoms with van der Waals surface area (Å²) in [6.07, 6.45) is 1.83. The number of hydrogen-bond acceptors (Lipinski definition) is 4. The number of carbonyl (C=O) groups is 1. The number of nitrogens with zero attached hydrogens (tertiary/aromatic N) is 3. The van der Waals surface area contributed by atoms with E-state index >= 15 is 0 Å². The van der Waals surface area contributed by atoms with Crippen LogP contribution in [0.25, 0.3) is 10.2 Å². The Labute approximate surface area is 182 Å². The third-order valence-corrected chi connectivity index (χ3v) is 8.33. The molecule has 0 aliphatic carbocycles. The monoisotopic (exact) mass is 465 g/mol. The SMILES string of the molecule is CC1CCCN(S(=O)(=O)c2ccc(C(=O)N=c3sc4cc(F)cc(F)c4n3C)cc2)C1. The van der Waals surface area contributed by atoms with Gasteiger partial charge in [0, 0.05) is 31.8 Å². The highest BCUT2D eigenvalue weighted by Crippen LogP contribution is 2.24. The van der Waals surface area contributed by atoms with Crippen LogP contribution in [0.5, 0.6) is 0 Å². The summed E-state index contributed by atoms with van der Waals surface area (Å²) in [7, 11) is -2.07. The van der Waals surface area contributed by atoms with Crippen molar-refractivity contribution in [3.63, 3.8) is 0 Å². The zero-order valence-electron chi connectivity index (χ0n) is 17.0. The lowest BCUT2D eigenvalue weighted by Crippen LogP contribution is -2.39. The van der Waals surface area contributed by atoms with E-state index < -0.39 is 27.6 Å². The molecule has 1 amide bonds. The first-order chi connectivity index (χ1) is 14.7. The van der Waals surface area contributed by atoms with Crippen LogP contribution in [-0.4, -0.2) is 36.3 Å². The van der Waals surface area contributed by atoms with Crippen LogP contribution in [0.15, 0.2) is 46.3 Å². The first kappa shape index (κ1) is 21.8. The summed E-state index contributed by atoms with van der Waals surface area (Å²) in [6.45, 7) is 3.00. The first-order valence-corrected chi connectivity index (χ1v) is 12.1. The molecule has 6 nitrogen and oxygen atoms in total. The molecular formula is C21H21F2N3O3S2. The average molecular weight is 466 g/mol. The minimum absolute atomic E-state index is 0.128. The maximum Gasteiger partial charge on any atom is 0.279 e. The van der Waals surface area contributed by atoms with Crippen LogP contribution in [0.2, 0.25) is 0 Å². The molecule has 1 fully saturated rings. The summed E-state index contributed by atoms with van der Waals surface area (Å²) >= 11 is 0.994. The van der Waals surface area contributed by atoms with Crippen LogP contribution in [0.1, 0.15) is 30.1 Å². The number of thiazole rings is 1. The molecule has 0 radical (unpaired) electrons. The van der Waals surface area contributed by atoms with Gasteiger partial charge in [-0.1, -0.05) is 18.3 Å². The van der Waals surface area contributed by atoms with Gasteiger partial charge in [-0.2, -0.15) is 9.30 Å². The Morgan fingerprint density at radius 2 is 1.90 bits per heavy atom. The summed E-state index contributed by atoms with van der Waals surface area (Å²) in [6, 6.07) is 7.60. The van der Waals surface area contributed by atoms with E-state index in [1.807, 2.05) is 6.92 Å². The molecule has 0 spiro atoms. The molecule has 31 heavy (non-hydrogen) atoms. The molecule has 2 aromatic carbocycles. The fourth-order valence-corrected chi connectivity index (χ4v) is 6.39. The molecule has 2 heterocycles. The number of rotatable bonds is 3. The van der Waals surface area contributed by atoms with Crippen LogP contribution >= 0.6 is 11.3 Å². The molecule has 1 aliphatic heterocycles. The number of halogens is 2. The molecule has 1 unspecified atom stereocenters. The van der Waals surface area contributed by atoms with Crippen molar-refractivity contribution in [2.24, 2.45) is 18.0 Å². The number of carbonyl (C=O) groups excluding carboxylic acids is 1. The number of piperidine rings is 1. The van der Waals surface area contributed by atoms with E-state index in [1.165, 1.54) is 39.2 Å². The molecule has 4 rings (SSSR count). The van der Waals surface area contributed by atoms with Gasteiger partial charge in [0.25, 0.3) is 5.91 Å². The lowest BCUT2D eigenvalue weighted by atomic mass is 10.0. The fourth-order valence-electron chi connectivity index (χ4n) is 3.74. The Hall–Kier alpha value is -2.43. The van der Waals surface area contributed by atoms with Gasteiger partial charge >= 0.3 is 0 Å². The van der Waals surface area contributed by atoms with Crippen molar-refractivity contribution >= 4 is 37.5 Å². The number of fused-ring (bicyclic) bond motifs is 1. The average Bonchev–Trinajstić information content (AvgIpc) is 3.03. The maximum absolute atomic E-state index is 14.1. The van der Waals surface area contributed by atoms with Crippen LogP contribution < -0.4 is 4.80 Å². The standard InChI is InChI=1S/C21H21F2N3O3S2/c1-13-4-3-9-26(12-13)31(28,29)16-7-5-14(6-8-16)20(27)24-21-25(2)19-17(23)10-15(22)11-18(19)30-21/h5-8,10-11,13H,3-4,9,12H2,1-2H3. The van der Waals surface area contributed by atoms with Gasteiger partial charge < -0.3 is 4.57 Å². The van der Waals surface area contributed by atoms with E-state index in [1.54, 1.807) is 7.05 Å². The smallest absolute Gasteiger partial charge is 0.279 e. The van der Waals surface area contributed by atoms with Gasteiger partial charge in [0.2, 0.25) is 10.0 Å². The molecule has 1 aromatic heterocycles. The van der Waals surface area contributed by atoms with Crippen molar-refractivity contribution in [2.45, 2.75) is 24.7 Å². The first-order valence-electron chi connectivity index (χ1n) is 9.80. The largest absolute Gasteiger partial charge is 0.317 e. The van der Waals surface area contributed by atoms with E-state index in [-0.39, 0.29) is 20.8 Å². The Morgan fingerprint density at radius 1 is 1.19 bits per heavy atom. The molecule has 0 saturated carbocycles. The lowest BCUT2D eigenvalue weighted by molar-refractivity contribution is 0.0998. The molecule has 0 N–H and O–H groups in total. The van der Waals surface area contributed by atoms with Gasteiger partial charge in [0.15, 0.2) is 10.6 Å². The molecule has 0 bridgehead atoms. The van der Waals surface area contributed by atoms with Crippen molar-refractivity contribution in [1.29, 1.82) is 0 Å². The summed E-state index contributed by atoms with van der Waals surface area (Å²) < 4.78 is 56.5. The number of sulfonamides is 1. The lowest BCUT2D eigenvalue weighted by Gasteiger charge is -2.30. The summed E-state index contributed by atoms with van der Waals surface area (Å²) in [5, 5.41) is 0. The highest BCUT2D eigenvalue weighted by Gasteiger charge is 2.28. The van der Waals surface area contributed by atoms with Crippen LogP contribution in [0.4, 0.5) is 8.78 Å². The van der Waals surface area contributed by atoms with Gasteiger partial charge in [0.05, 0.1) is 15.1 Å². The van der Waals surface area contributed by atoms with Crippen LogP contribution in [0.3, 0.4) is 0 Å². The minimum atomic E-state index is -3.62. The number of amides is 1. The van der Waals surface area contributed by atoms with Gasteiger partial charge in [-0.3, -0.25) is 4.79 Å². The number of hydrogen-bond donors (Lipinski definition) is 0. The summed E-state index contributed by atoms with van der Waals surface area (Å²) in [5.74, 6) is -1.73. The van der Waals surface area contributed by atoms with Gasteiger partial charge in [-0.25, -0.2) is 17.2 Å². The second-order valence-electron chi connectivity index (χ2n) is 7.73. The topological polar surface area (TPSA) is 71.7 Å². The Morgan fingerprint density at radius 3 is 2.58 bits per heavy atom. The van der Waals surface area contributed by atoms with Crippen molar-refractivity contribution in [1.82, 2.24) is 8.87 Å². The normalized spacial score (nSPS) is 18.6. The van der Waals surface area contributed by atoms with Crippen molar-refractivity contribution in [2.75, 3.05) is 13.1 Å². The zero-order valence-corrected chi connectivity index (χ0v) is 18.6. The van der Waals surface area contributed by atoms with E-state index in [4.69, 9.17) is 0 Å².